The fourth-order valence-electron chi connectivity index (χ4n) is 1.53. The summed E-state index contributed by atoms with van der Waals surface area (Å²) >= 11 is 7.63. The van der Waals surface area contributed by atoms with Crippen molar-refractivity contribution in [2.75, 3.05) is 38.0 Å². The van der Waals surface area contributed by atoms with E-state index in [-0.39, 0.29) is 22.4 Å². The number of amides is 2. The average molecular weight is 333 g/mol. The van der Waals surface area contributed by atoms with Gasteiger partial charge in [0, 0.05) is 25.4 Å². The number of ether oxygens (including phenoxy) is 1. The number of benzene rings is 1. The second-order valence-electron chi connectivity index (χ2n) is 4.18. The fraction of sp³-hybridized carbons (Fsp3) is 0.385. The van der Waals surface area contributed by atoms with E-state index < -0.39 is 5.97 Å². The van der Waals surface area contributed by atoms with Gasteiger partial charge >= 0.3 is 12.0 Å². The number of carboxylic acids is 1. The molecule has 0 radical (unpaired) electrons. The van der Waals surface area contributed by atoms with Gasteiger partial charge in [-0.05, 0) is 12.3 Å². The maximum absolute atomic E-state index is 12.0. The molecule has 2 N–H and O–H groups in total. The number of rotatable bonds is 6. The van der Waals surface area contributed by atoms with Gasteiger partial charge in [0.1, 0.15) is 11.3 Å². The Balaban J connectivity index is 2.93. The predicted octanol–water partition coefficient (Wildman–Crippen LogP) is 2.87. The number of halogens is 1. The zero-order valence-corrected chi connectivity index (χ0v) is 13.5. The number of thioether (sulfide) groups is 1. The molecule has 0 fully saturated rings. The first-order chi connectivity index (χ1) is 9.90. The molecule has 0 saturated carbocycles. The molecule has 0 spiro atoms. The van der Waals surface area contributed by atoms with E-state index in [2.05, 4.69) is 5.32 Å². The topological polar surface area (TPSA) is 78.9 Å². The SMILES string of the molecule is COc1cc(NC(=O)N(C)CCSC)c(Cl)cc1C(=O)O. The maximum Gasteiger partial charge on any atom is 0.339 e. The van der Waals surface area contributed by atoms with Gasteiger partial charge in [-0.15, -0.1) is 0 Å². The minimum Gasteiger partial charge on any atom is -0.496 e. The molecule has 0 aromatic heterocycles. The number of nitrogens with zero attached hydrogens (tertiary/aromatic N) is 1. The van der Waals surface area contributed by atoms with Crippen molar-refractivity contribution < 1.29 is 19.4 Å². The molecule has 1 rings (SSSR count). The lowest BCUT2D eigenvalue weighted by Gasteiger charge is -2.18. The first-order valence-electron chi connectivity index (χ1n) is 6.02. The summed E-state index contributed by atoms with van der Waals surface area (Å²) in [6.45, 7) is 0.592. The first kappa shape index (κ1) is 17.5. The van der Waals surface area contributed by atoms with Crippen molar-refractivity contribution in [3.63, 3.8) is 0 Å². The molecule has 0 saturated heterocycles. The Morgan fingerprint density at radius 1 is 1.48 bits per heavy atom. The third-order valence-electron chi connectivity index (χ3n) is 2.74. The number of urea groups is 1. The molecule has 0 aliphatic carbocycles. The minimum absolute atomic E-state index is 0.0590. The van der Waals surface area contributed by atoms with Gasteiger partial charge in [0.15, 0.2) is 0 Å². The van der Waals surface area contributed by atoms with Crippen LogP contribution >= 0.6 is 23.4 Å². The molecule has 2 amide bonds. The third-order valence-corrected chi connectivity index (χ3v) is 3.64. The highest BCUT2D eigenvalue weighted by molar-refractivity contribution is 7.98. The van der Waals surface area contributed by atoms with Crippen molar-refractivity contribution in [1.82, 2.24) is 4.90 Å². The van der Waals surface area contributed by atoms with Gasteiger partial charge in [0.05, 0.1) is 17.8 Å². The van der Waals surface area contributed by atoms with Crippen LogP contribution in [0.2, 0.25) is 5.02 Å². The molecule has 1 aromatic carbocycles. The number of anilines is 1. The van der Waals surface area contributed by atoms with Crippen LogP contribution in [0, 0.1) is 0 Å². The highest BCUT2D eigenvalue weighted by atomic mass is 35.5. The Bertz CT molecular complexity index is 539. The quantitative estimate of drug-likeness (QED) is 0.837. The Morgan fingerprint density at radius 3 is 2.67 bits per heavy atom. The summed E-state index contributed by atoms with van der Waals surface area (Å²) in [5.41, 5.74) is 0.246. The van der Waals surface area contributed by atoms with E-state index in [4.69, 9.17) is 21.4 Å². The van der Waals surface area contributed by atoms with E-state index in [0.29, 0.717) is 12.2 Å². The van der Waals surface area contributed by atoms with E-state index in [1.54, 1.807) is 18.8 Å². The van der Waals surface area contributed by atoms with Gasteiger partial charge < -0.3 is 20.1 Å². The largest absolute Gasteiger partial charge is 0.496 e. The Kier molecular flexibility index (Phi) is 6.64. The molecule has 0 unspecified atom stereocenters. The van der Waals surface area contributed by atoms with Crippen molar-refractivity contribution >= 4 is 41.1 Å². The molecule has 0 aliphatic heterocycles. The van der Waals surface area contributed by atoms with Crippen LogP contribution in [0.15, 0.2) is 12.1 Å². The van der Waals surface area contributed by atoms with Crippen LogP contribution in [-0.2, 0) is 0 Å². The summed E-state index contributed by atoms with van der Waals surface area (Å²) < 4.78 is 5.00. The number of methoxy groups -OCH3 is 1. The third kappa shape index (κ3) is 4.71. The first-order valence-corrected chi connectivity index (χ1v) is 7.79. The van der Waals surface area contributed by atoms with Crippen LogP contribution < -0.4 is 10.1 Å². The molecular weight excluding hydrogens is 316 g/mol. The molecule has 0 aliphatic rings. The monoisotopic (exact) mass is 332 g/mol. The summed E-state index contributed by atoms with van der Waals surface area (Å²) in [5.74, 6) is -0.198. The van der Waals surface area contributed by atoms with Gasteiger partial charge in [0.2, 0.25) is 0 Å². The summed E-state index contributed by atoms with van der Waals surface area (Å²) in [6, 6.07) is 2.32. The van der Waals surface area contributed by atoms with E-state index in [9.17, 15) is 9.59 Å². The molecule has 0 heterocycles. The number of nitrogens with one attached hydrogen (secondary N) is 1. The van der Waals surface area contributed by atoms with E-state index >= 15 is 0 Å². The number of hydrogen-bond donors (Lipinski definition) is 2. The average Bonchev–Trinajstić information content (AvgIpc) is 2.45. The lowest BCUT2D eigenvalue weighted by Crippen LogP contribution is -2.33. The Morgan fingerprint density at radius 2 is 2.14 bits per heavy atom. The fourth-order valence-corrected chi connectivity index (χ4v) is 2.19. The van der Waals surface area contributed by atoms with Crippen molar-refractivity contribution in [3.8, 4) is 5.75 Å². The van der Waals surface area contributed by atoms with Gasteiger partial charge in [0.25, 0.3) is 0 Å². The molecule has 116 valence electrons. The number of aromatic carboxylic acids is 1. The smallest absolute Gasteiger partial charge is 0.339 e. The standard InChI is InChI=1S/C13H17ClN2O4S/c1-16(4-5-21-3)13(19)15-10-7-11(20-2)8(12(17)18)6-9(10)14/h6-7H,4-5H2,1-3H3,(H,15,19)(H,17,18). The maximum atomic E-state index is 12.0. The van der Waals surface area contributed by atoms with Gasteiger partial charge in [-0.2, -0.15) is 11.8 Å². The number of carboxylic acid groups (broad SMARTS) is 1. The van der Waals surface area contributed by atoms with Crippen LogP contribution in [0.4, 0.5) is 10.5 Å². The molecule has 21 heavy (non-hydrogen) atoms. The summed E-state index contributed by atoms with van der Waals surface area (Å²) in [4.78, 5) is 24.6. The van der Waals surface area contributed by atoms with E-state index in [1.807, 2.05) is 6.26 Å². The van der Waals surface area contributed by atoms with Gasteiger partial charge in [-0.3, -0.25) is 0 Å². The minimum atomic E-state index is -1.15. The summed E-state index contributed by atoms with van der Waals surface area (Å²) in [7, 11) is 3.02. The van der Waals surface area contributed by atoms with Crippen LogP contribution in [0.1, 0.15) is 10.4 Å². The Labute approximate surface area is 132 Å². The van der Waals surface area contributed by atoms with Crippen molar-refractivity contribution in [2.24, 2.45) is 0 Å². The summed E-state index contributed by atoms with van der Waals surface area (Å²) in [6.07, 6.45) is 1.96. The molecule has 0 bridgehead atoms. The second-order valence-corrected chi connectivity index (χ2v) is 5.57. The van der Waals surface area contributed by atoms with Crippen LogP contribution in [-0.4, -0.2) is 54.7 Å². The molecule has 0 atom stereocenters. The van der Waals surface area contributed by atoms with E-state index in [1.165, 1.54) is 24.1 Å². The summed E-state index contributed by atoms with van der Waals surface area (Å²) in [5, 5.41) is 11.8. The molecular formula is C13H17ClN2O4S. The normalized spacial score (nSPS) is 10.1. The number of carbonyl (C=O) groups is 2. The molecule has 6 nitrogen and oxygen atoms in total. The van der Waals surface area contributed by atoms with Crippen molar-refractivity contribution in [3.05, 3.63) is 22.7 Å². The second kappa shape index (κ2) is 7.99. The predicted molar refractivity (Wildman–Crippen MR) is 85.0 cm³/mol. The number of carbonyl (C=O) groups excluding carboxylic acids is 1. The lowest BCUT2D eigenvalue weighted by atomic mass is 10.2. The van der Waals surface area contributed by atoms with E-state index in [0.717, 1.165) is 5.75 Å². The Hall–Kier alpha value is -1.60. The zero-order valence-electron chi connectivity index (χ0n) is 12.0. The highest BCUT2D eigenvalue weighted by Gasteiger charge is 2.17. The molecule has 1 aromatic rings. The zero-order chi connectivity index (χ0) is 16.0. The number of hydrogen-bond acceptors (Lipinski definition) is 4. The molecule has 8 heteroatoms. The van der Waals surface area contributed by atoms with Gasteiger partial charge in [-0.25, -0.2) is 9.59 Å². The van der Waals surface area contributed by atoms with Crippen LogP contribution in [0.3, 0.4) is 0 Å². The van der Waals surface area contributed by atoms with Gasteiger partial charge in [-0.1, -0.05) is 11.6 Å². The van der Waals surface area contributed by atoms with Crippen LogP contribution in [0.25, 0.3) is 0 Å². The van der Waals surface area contributed by atoms with Crippen molar-refractivity contribution in [1.29, 1.82) is 0 Å². The van der Waals surface area contributed by atoms with Crippen molar-refractivity contribution in [2.45, 2.75) is 0 Å². The highest BCUT2D eigenvalue weighted by Crippen LogP contribution is 2.31. The lowest BCUT2D eigenvalue weighted by molar-refractivity contribution is 0.0693. The van der Waals surface area contributed by atoms with Crippen LogP contribution in [0.5, 0.6) is 5.75 Å².